The molecule has 0 rings (SSSR count). The van der Waals surface area contributed by atoms with Crippen LogP contribution in [0.3, 0.4) is 0 Å². The average molecular weight is 146 g/mol. The van der Waals surface area contributed by atoms with Gasteiger partial charge >= 0.3 is 0 Å². The lowest BCUT2D eigenvalue weighted by atomic mass is 10.1. The summed E-state index contributed by atoms with van der Waals surface area (Å²) in [5, 5.41) is 0. The normalized spacial score (nSPS) is 13.5. The highest BCUT2D eigenvalue weighted by atomic mass is 16.5. The molecule has 62 valence electrons. The number of nitrogens with two attached hydrogens (primary N) is 1. The van der Waals surface area contributed by atoms with Crippen molar-refractivity contribution in [3.05, 3.63) is 0 Å². The highest BCUT2D eigenvalue weighted by Gasteiger charge is 2.03. The predicted octanol–water partition coefficient (Wildman–Crippen LogP) is 0.655. The standard InChI is InChI=1S/C7H18N2O/c1-3-4-5-7(9-8)6-10-2/h7,9H,3-6,8H2,1-2H3. The van der Waals surface area contributed by atoms with Crippen LogP contribution < -0.4 is 11.3 Å². The molecule has 0 aromatic heterocycles. The van der Waals surface area contributed by atoms with E-state index >= 15 is 0 Å². The molecule has 0 saturated carbocycles. The third-order valence-corrected chi connectivity index (χ3v) is 1.51. The molecule has 0 amide bonds. The minimum Gasteiger partial charge on any atom is -0.383 e. The quantitative estimate of drug-likeness (QED) is 0.427. The van der Waals surface area contributed by atoms with Crippen LogP contribution in [0.25, 0.3) is 0 Å². The van der Waals surface area contributed by atoms with E-state index in [1.54, 1.807) is 7.11 Å². The van der Waals surface area contributed by atoms with Gasteiger partial charge in [-0.15, -0.1) is 0 Å². The van der Waals surface area contributed by atoms with Crippen LogP contribution in [0.1, 0.15) is 26.2 Å². The summed E-state index contributed by atoms with van der Waals surface area (Å²) in [6.07, 6.45) is 3.51. The van der Waals surface area contributed by atoms with E-state index in [4.69, 9.17) is 10.6 Å². The molecule has 0 aliphatic carbocycles. The molecule has 0 heterocycles. The molecule has 0 aliphatic rings. The second-order valence-corrected chi connectivity index (χ2v) is 2.46. The molecular formula is C7H18N2O. The number of methoxy groups -OCH3 is 1. The van der Waals surface area contributed by atoms with Gasteiger partial charge in [0, 0.05) is 13.2 Å². The summed E-state index contributed by atoms with van der Waals surface area (Å²) in [5.74, 6) is 5.27. The van der Waals surface area contributed by atoms with E-state index in [1.807, 2.05) is 0 Å². The number of hydrazine groups is 1. The zero-order valence-corrected chi connectivity index (χ0v) is 6.89. The van der Waals surface area contributed by atoms with Gasteiger partial charge < -0.3 is 4.74 Å². The third-order valence-electron chi connectivity index (χ3n) is 1.51. The summed E-state index contributed by atoms with van der Waals surface area (Å²) in [7, 11) is 1.69. The van der Waals surface area contributed by atoms with Gasteiger partial charge in [0.1, 0.15) is 0 Å². The Kier molecular flexibility index (Phi) is 6.91. The lowest BCUT2D eigenvalue weighted by Gasteiger charge is -2.13. The molecule has 1 atom stereocenters. The Morgan fingerprint density at radius 2 is 2.30 bits per heavy atom. The molecule has 0 aliphatic heterocycles. The Morgan fingerprint density at radius 3 is 2.70 bits per heavy atom. The maximum absolute atomic E-state index is 5.27. The van der Waals surface area contributed by atoms with E-state index in [1.165, 1.54) is 12.8 Å². The molecule has 0 radical (unpaired) electrons. The summed E-state index contributed by atoms with van der Waals surface area (Å²) in [4.78, 5) is 0. The van der Waals surface area contributed by atoms with Crippen molar-refractivity contribution in [3.63, 3.8) is 0 Å². The van der Waals surface area contributed by atoms with Gasteiger partial charge in [-0.25, -0.2) is 0 Å². The van der Waals surface area contributed by atoms with E-state index < -0.39 is 0 Å². The molecular weight excluding hydrogens is 128 g/mol. The third kappa shape index (κ3) is 4.73. The van der Waals surface area contributed by atoms with Crippen molar-refractivity contribution >= 4 is 0 Å². The van der Waals surface area contributed by atoms with Crippen molar-refractivity contribution in [2.24, 2.45) is 5.84 Å². The van der Waals surface area contributed by atoms with Gasteiger partial charge in [-0.2, -0.15) is 0 Å². The van der Waals surface area contributed by atoms with Gasteiger partial charge in [0.25, 0.3) is 0 Å². The molecule has 0 aromatic rings. The van der Waals surface area contributed by atoms with E-state index in [2.05, 4.69) is 12.3 Å². The fourth-order valence-corrected chi connectivity index (χ4v) is 0.866. The Labute approximate surface area is 62.9 Å². The fraction of sp³-hybridized carbons (Fsp3) is 1.00. The monoisotopic (exact) mass is 146 g/mol. The van der Waals surface area contributed by atoms with Crippen molar-refractivity contribution in [2.75, 3.05) is 13.7 Å². The summed E-state index contributed by atoms with van der Waals surface area (Å²) in [6.45, 7) is 2.87. The zero-order chi connectivity index (χ0) is 7.82. The molecule has 3 heteroatoms. The van der Waals surface area contributed by atoms with Crippen molar-refractivity contribution in [1.82, 2.24) is 5.43 Å². The van der Waals surface area contributed by atoms with Crippen LogP contribution in [0.4, 0.5) is 0 Å². The summed E-state index contributed by atoms with van der Waals surface area (Å²) >= 11 is 0. The van der Waals surface area contributed by atoms with Crippen LogP contribution in [0, 0.1) is 0 Å². The van der Waals surface area contributed by atoms with Crippen LogP contribution in [0.15, 0.2) is 0 Å². The molecule has 3 nitrogen and oxygen atoms in total. The number of hydrogen-bond acceptors (Lipinski definition) is 3. The van der Waals surface area contributed by atoms with Gasteiger partial charge in [-0.3, -0.25) is 11.3 Å². The van der Waals surface area contributed by atoms with E-state index in [9.17, 15) is 0 Å². The highest BCUT2D eigenvalue weighted by molar-refractivity contribution is 4.60. The number of nitrogens with one attached hydrogen (secondary N) is 1. The lowest BCUT2D eigenvalue weighted by Crippen LogP contribution is -2.38. The molecule has 10 heavy (non-hydrogen) atoms. The SMILES string of the molecule is CCCCC(COC)NN. The number of ether oxygens (including phenoxy) is 1. The average Bonchev–Trinajstić information content (AvgIpc) is 1.98. The van der Waals surface area contributed by atoms with Gasteiger partial charge in [0.15, 0.2) is 0 Å². The first-order valence-electron chi connectivity index (χ1n) is 3.80. The number of hydrogen-bond donors (Lipinski definition) is 2. The predicted molar refractivity (Wildman–Crippen MR) is 42.5 cm³/mol. The molecule has 3 N–H and O–H groups in total. The van der Waals surface area contributed by atoms with E-state index in [-0.39, 0.29) is 0 Å². The summed E-state index contributed by atoms with van der Waals surface area (Å²) in [5.41, 5.74) is 2.71. The van der Waals surface area contributed by atoms with Crippen molar-refractivity contribution < 1.29 is 4.74 Å². The first-order chi connectivity index (χ1) is 4.85. The maximum atomic E-state index is 5.27. The van der Waals surface area contributed by atoms with Crippen LogP contribution in [0.5, 0.6) is 0 Å². The minimum absolute atomic E-state index is 0.324. The van der Waals surface area contributed by atoms with Crippen molar-refractivity contribution in [3.8, 4) is 0 Å². The van der Waals surface area contributed by atoms with Crippen molar-refractivity contribution in [1.29, 1.82) is 0 Å². The smallest absolute Gasteiger partial charge is 0.0629 e. The second kappa shape index (κ2) is 6.99. The first-order valence-corrected chi connectivity index (χ1v) is 3.80. The van der Waals surface area contributed by atoms with E-state index in [0.717, 1.165) is 6.42 Å². The van der Waals surface area contributed by atoms with Gasteiger partial charge in [-0.05, 0) is 6.42 Å². The van der Waals surface area contributed by atoms with Crippen molar-refractivity contribution in [2.45, 2.75) is 32.2 Å². The molecule has 1 unspecified atom stereocenters. The zero-order valence-electron chi connectivity index (χ0n) is 6.89. The molecule has 0 spiro atoms. The minimum atomic E-state index is 0.324. The maximum Gasteiger partial charge on any atom is 0.0629 e. The Morgan fingerprint density at radius 1 is 1.60 bits per heavy atom. The molecule has 0 saturated heterocycles. The van der Waals surface area contributed by atoms with Crippen LogP contribution >= 0.6 is 0 Å². The van der Waals surface area contributed by atoms with Crippen LogP contribution in [-0.2, 0) is 4.74 Å². The Balaban J connectivity index is 3.21. The van der Waals surface area contributed by atoms with Crippen LogP contribution in [-0.4, -0.2) is 19.8 Å². The lowest BCUT2D eigenvalue weighted by molar-refractivity contribution is 0.161. The molecule has 0 bridgehead atoms. The first kappa shape index (κ1) is 9.88. The van der Waals surface area contributed by atoms with E-state index in [0.29, 0.717) is 12.6 Å². The van der Waals surface area contributed by atoms with Gasteiger partial charge in [0.05, 0.1) is 6.61 Å². The van der Waals surface area contributed by atoms with Crippen LogP contribution in [0.2, 0.25) is 0 Å². The summed E-state index contributed by atoms with van der Waals surface area (Å²) in [6, 6.07) is 0.324. The Hall–Kier alpha value is -0.120. The summed E-state index contributed by atoms with van der Waals surface area (Å²) < 4.78 is 4.95. The van der Waals surface area contributed by atoms with Gasteiger partial charge in [0.2, 0.25) is 0 Å². The number of unbranched alkanes of at least 4 members (excludes halogenated alkanes) is 1. The highest BCUT2D eigenvalue weighted by Crippen LogP contribution is 1.99. The second-order valence-electron chi connectivity index (χ2n) is 2.46. The number of rotatable bonds is 6. The van der Waals surface area contributed by atoms with Gasteiger partial charge in [-0.1, -0.05) is 19.8 Å². The molecule has 0 aromatic carbocycles. The molecule has 0 fully saturated rings. The largest absolute Gasteiger partial charge is 0.383 e. The topological polar surface area (TPSA) is 47.3 Å². The Bertz CT molecular complexity index is 68.6. The fourth-order valence-electron chi connectivity index (χ4n) is 0.866.